The summed E-state index contributed by atoms with van der Waals surface area (Å²) >= 11 is 8.67. The number of anilines is 2. The average molecular weight is 551 g/mol. The molecule has 1 aliphatic heterocycles. The number of allylic oxidation sites excluding steroid dienone is 2. The van der Waals surface area contributed by atoms with E-state index in [0.717, 1.165) is 4.88 Å². The van der Waals surface area contributed by atoms with Gasteiger partial charge in [-0.15, -0.1) is 11.3 Å². The van der Waals surface area contributed by atoms with Crippen molar-refractivity contribution in [2.45, 2.75) is 12.8 Å². The lowest BCUT2D eigenvalue weighted by molar-refractivity contribution is -0.114. The number of methoxy groups -OCH3 is 1. The van der Waals surface area contributed by atoms with Gasteiger partial charge in [0.2, 0.25) is 5.91 Å². The second kappa shape index (κ2) is 12.0. The van der Waals surface area contributed by atoms with Crippen molar-refractivity contribution in [3.63, 3.8) is 0 Å². The first-order valence-electron chi connectivity index (χ1n) is 11.2. The first-order chi connectivity index (χ1) is 17.9. The Bertz CT molecular complexity index is 1430. The minimum Gasteiger partial charge on any atom is -0.495 e. The number of para-hydroxylation sites is 2. The number of rotatable bonds is 8. The Morgan fingerprint density at radius 3 is 2.68 bits per heavy atom. The van der Waals surface area contributed by atoms with Gasteiger partial charge < -0.3 is 20.7 Å². The van der Waals surface area contributed by atoms with Crippen LogP contribution in [0.25, 0.3) is 0 Å². The minimum absolute atomic E-state index is 0.0627. The number of nitriles is 1. The van der Waals surface area contributed by atoms with Crippen LogP contribution in [0.4, 0.5) is 11.4 Å². The molecule has 10 heteroatoms. The highest BCUT2D eigenvalue weighted by Crippen LogP contribution is 2.42. The number of thiophene rings is 1. The maximum Gasteiger partial charge on any atom is 0.254 e. The molecule has 0 fully saturated rings. The van der Waals surface area contributed by atoms with Crippen molar-refractivity contribution in [3.8, 4) is 11.8 Å². The van der Waals surface area contributed by atoms with Gasteiger partial charge in [-0.1, -0.05) is 47.6 Å². The zero-order chi connectivity index (χ0) is 26.4. The number of dihydropyridines is 1. The van der Waals surface area contributed by atoms with Crippen LogP contribution in [0, 0.1) is 11.3 Å². The van der Waals surface area contributed by atoms with E-state index in [2.05, 4.69) is 22.0 Å². The number of ether oxygens (including phenoxy) is 1. The van der Waals surface area contributed by atoms with E-state index in [9.17, 15) is 14.9 Å². The number of carbonyl (C=O) groups is 2. The van der Waals surface area contributed by atoms with Gasteiger partial charge in [0.05, 0.1) is 41.1 Å². The summed E-state index contributed by atoms with van der Waals surface area (Å²) in [6.45, 7) is 1.79. The highest BCUT2D eigenvalue weighted by Gasteiger charge is 2.35. The molecule has 2 amide bonds. The van der Waals surface area contributed by atoms with E-state index < -0.39 is 5.92 Å². The Kier molecular flexibility index (Phi) is 8.56. The summed E-state index contributed by atoms with van der Waals surface area (Å²) in [6.07, 6.45) is 0. The molecule has 7 nitrogen and oxygen atoms in total. The van der Waals surface area contributed by atoms with Gasteiger partial charge in [-0.05, 0) is 48.7 Å². The molecule has 1 aromatic heterocycles. The lowest BCUT2D eigenvalue weighted by atomic mass is 9.86. The SMILES string of the molecule is COc1ccccc1NC(=O)C1=C(C)NC(SCC(=O)Nc2cccc(Cl)c2)=C(C#N)[C@H]1c1cccs1. The first kappa shape index (κ1) is 26.4. The number of amides is 2. The topological polar surface area (TPSA) is 103 Å². The van der Waals surface area contributed by atoms with E-state index in [0.29, 0.717) is 44.0 Å². The Labute approximate surface area is 228 Å². The summed E-state index contributed by atoms with van der Waals surface area (Å²) in [7, 11) is 1.54. The number of benzene rings is 2. The van der Waals surface area contributed by atoms with E-state index >= 15 is 0 Å². The van der Waals surface area contributed by atoms with Crippen molar-refractivity contribution in [1.29, 1.82) is 5.26 Å². The second-order valence-corrected chi connectivity index (χ2v) is 10.4. The molecule has 0 saturated carbocycles. The third-order valence-electron chi connectivity index (χ3n) is 5.53. The van der Waals surface area contributed by atoms with Crippen LogP contribution >= 0.6 is 34.7 Å². The van der Waals surface area contributed by atoms with Crippen molar-refractivity contribution >= 4 is 57.9 Å². The number of hydrogen-bond acceptors (Lipinski definition) is 7. The van der Waals surface area contributed by atoms with Gasteiger partial charge in [-0.3, -0.25) is 9.59 Å². The number of thioether (sulfide) groups is 1. The normalized spacial score (nSPS) is 15.0. The van der Waals surface area contributed by atoms with Crippen molar-refractivity contribution < 1.29 is 14.3 Å². The molecule has 0 saturated heterocycles. The smallest absolute Gasteiger partial charge is 0.254 e. The van der Waals surface area contributed by atoms with E-state index in [4.69, 9.17) is 16.3 Å². The maximum atomic E-state index is 13.5. The van der Waals surface area contributed by atoms with E-state index in [1.807, 2.05) is 23.6 Å². The summed E-state index contributed by atoms with van der Waals surface area (Å²) in [5.41, 5.74) is 2.52. The minimum atomic E-state index is -0.584. The molecule has 3 N–H and O–H groups in total. The van der Waals surface area contributed by atoms with Gasteiger partial charge in [-0.25, -0.2) is 0 Å². The number of halogens is 1. The van der Waals surface area contributed by atoms with E-state index in [1.54, 1.807) is 49.4 Å². The number of hydrogen-bond donors (Lipinski definition) is 3. The van der Waals surface area contributed by atoms with Gasteiger partial charge >= 0.3 is 0 Å². The predicted octanol–water partition coefficient (Wildman–Crippen LogP) is 6.12. The molecule has 3 aromatic rings. The molecule has 0 radical (unpaired) electrons. The Morgan fingerprint density at radius 2 is 1.97 bits per heavy atom. The van der Waals surface area contributed by atoms with Gasteiger partial charge in [0.15, 0.2) is 0 Å². The van der Waals surface area contributed by atoms with Crippen LogP contribution in [0.3, 0.4) is 0 Å². The molecule has 0 aliphatic carbocycles. The summed E-state index contributed by atoms with van der Waals surface area (Å²) in [4.78, 5) is 27.0. The number of carbonyl (C=O) groups excluding carboxylic acids is 2. The molecular formula is C27H23ClN4O3S2. The van der Waals surface area contributed by atoms with Crippen molar-refractivity contribution in [2.75, 3.05) is 23.5 Å². The Hall–Kier alpha value is -3.71. The largest absolute Gasteiger partial charge is 0.495 e. The number of nitrogens with zero attached hydrogens (tertiary/aromatic N) is 1. The van der Waals surface area contributed by atoms with Crippen LogP contribution in [0.15, 0.2) is 87.9 Å². The van der Waals surface area contributed by atoms with Crippen LogP contribution in [-0.4, -0.2) is 24.7 Å². The molecule has 37 heavy (non-hydrogen) atoms. The van der Waals surface area contributed by atoms with Gasteiger partial charge in [-0.2, -0.15) is 5.26 Å². The highest BCUT2D eigenvalue weighted by atomic mass is 35.5. The quantitative estimate of drug-likeness (QED) is 0.312. The Balaban J connectivity index is 1.59. The monoisotopic (exact) mass is 550 g/mol. The molecule has 1 aliphatic rings. The van der Waals surface area contributed by atoms with Crippen LogP contribution in [-0.2, 0) is 9.59 Å². The Morgan fingerprint density at radius 1 is 1.16 bits per heavy atom. The molecule has 0 unspecified atom stereocenters. The van der Waals surface area contributed by atoms with E-state index in [-0.39, 0.29) is 17.6 Å². The third-order valence-corrected chi connectivity index (χ3v) is 7.72. The summed E-state index contributed by atoms with van der Waals surface area (Å²) in [5.74, 6) is -0.577. The standard InChI is InChI=1S/C27H23ClN4O3S2/c1-16-24(26(34)32-20-9-3-4-10-21(20)35-2)25(22-11-6-12-36-22)19(14-29)27(30-16)37-15-23(33)31-18-8-5-7-17(28)13-18/h3-13,25,30H,15H2,1-2H3,(H,31,33)(H,32,34)/t25-/m0/s1. The van der Waals surface area contributed by atoms with Gasteiger partial charge in [0.25, 0.3) is 5.91 Å². The summed E-state index contributed by atoms with van der Waals surface area (Å²) in [6, 6.07) is 20.1. The molecule has 1 atom stereocenters. The second-order valence-electron chi connectivity index (χ2n) is 7.97. The summed E-state index contributed by atoms with van der Waals surface area (Å²) in [5, 5.41) is 22.1. The molecule has 4 rings (SSSR count). The van der Waals surface area contributed by atoms with Crippen LogP contribution in [0.2, 0.25) is 5.02 Å². The first-order valence-corrected chi connectivity index (χ1v) is 13.4. The van der Waals surface area contributed by atoms with Gasteiger partial charge in [0.1, 0.15) is 5.75 Å². The fraction of sp³-hybridized carbons (Fsp3) is 0.148. The molecule has 2 heterocycles. The van der Waals surface area contributed by atoms with E-state index in [1.165, 1.54) is 30.2 Å². The predicted molar refractivity (Wildman–Crippen MR) is 150 cm³/mol. The molecule has 2 aromatic carbocycles. The molecular weight excluding hydrogens is 528 g/mol. The zero-order valence-corrected chi connectivity index (χ0v) is 22.4. The van der Waals surface area contributed by atoms with Crippen molar-refractivity contribution in [2.24, 2.45) is 0 Å². The van der Waals surface area contributed by atoms with Crippen LogP contribution in [0.1, 0.15) is 17.7 Å². The van der Waals surface area contributed by atoms with Crippen molar-refractivity contribution in [3.05, 3.63) is 97.8 Å². The molecule has 0 bridgehead atoms. The van der Waals surface area contributed by atoms with Crippen LogP contribution in [0.5, 0.6) is 5.75 Å². The maximum absolute atomic E-state index is 13.5. The fourth-order valence-corrected chi connectivity index (χ4v) is 5.83. The lowest BCUT2D eigenvalue weighted by Crippen LogP contribution is -2.31. The highest BCUT2D eigenvalue weighted by molar-refractivity contribution is 8.03. The number of nitrogens with one attached hydrogen (secondary N) is 3. The average Bonchev–Trinajstić information content (AvgIpc) is 3.42. The lowest BCUT2D eigenvalue weighted by Gasteiger charge is -2.29. The summed E-state index contributed by atoms with van der Waals surface area (Å²) < 4.78 is 5.37. The van der Waals surface area contributed by atoms with Crippen LogP contribution < -0.4 is 20.7 Å². The van der Waals surface area contributed by atoms with Gasteiger partial charge in [0, 0.05) is 26.9 Å². The fourth-order valence-electron chi connectivity index (χ4n) is 3.91. The molecule has 0 spiro atoms. The zero-order valence-electron chi connectivity index (χ0n) is 20.0. The third kappa shape index (κ3) is 6.17. The van der Waals surface area contributed by atoms with Crippen molar-refractivity contribution in [1.82, 2.24) is 5.32 Å². The molecule has 188 valence electrons.